The minimum atomic E-state index is -4.80. The molecule has 0 radical (unpaired) electrons. The Labute approximate surface area is 246 Å². The van der Waals surface area contributed by atoms with E-state index in [-0.39, 0.29) is 5.56 Å². The summed E-state index contributed by atoms with van der Waals surface area (Å²) in [5.41, 5.74) is 8.66. The predicted molar refractivity (Wildman–Crippen MR) is 162 cm³/mol. The molecule has 218 valence electrons. The van der Waals surface area contributed by atoms with Crippen molar-refractivity contribution < 1.29 is 22.7 Å². The Morgan fingerprint density at radius 2 is 1.74 bits per heavy atom. The molecule has 4 rings (SSSR count). The fourth-order valence-corrected chi connectivity index (χ4v) is 4.32. The number of aryl methyl sites for hydroxylation is 2. The second kappa shape index (κ2) is 12.9. The first-order valence-electron chi connectivity index (χ1n) is 12.9. The smallest absolute Gasteiger partial charge is 0.406 e. The van der Waals surface area contributed by atoms with E-state index in [0.717, 1.165) is 40.2 Å². The normalized spacial score (nSPS) is 11.5. The molecule has 0 saturated carbocycles. The number of nitrogens with zero attached hydrogens (tertiary/aromatic N) is 3. The molecule has 3 N–H and O–H groups in total. The van der Waals surface area contributed by atoms with Gasteiger partial charge in [0.1, 0.15) is 5.75 Å². The summed E-state index contributed by atoms with van der Waals surface area (Å²) in [4.78, 5) is 12.7. The van der Waals surface area contributed by atoms with Gasteiger partial charge in [-0.1, -0.05) is 38.1 Å². The van der Waals surface area contributed by atoms with Crippen LogP contribution in [0, 0.1) is 13.8 Å². The number of rotatable bonds is 8. The van der Waals surface area contributed by atoms with E-state index < -0.39 is 18.0 Å². The van der Waals surface area contributed by atoms with Crippen LogP contribution in [0.25, 0.3) is 5.69 Å². The molecule has 1 heterocycles. The molecule has 8 nitrogen and oxygen atoms in total. The lowest BCUT2D eigenvalue weighted by Crippen LogP contribution is -2.24. The molecule has 0 saturated heterocycles. The predicted octanol–water partition coefficient (Wildman–Crippen LogP) is 7.08. The van der Waals surface area contributed by atoms with Crippen LogP contribution in [0.5, 0.6) is 5.75 Å². The van der Waals surface area contributed by atoms with Gasteiger partial charge in [-0.2, -0.15) is 10.2 Å². The van der Waals surface area contributed by atoms with E-state index in [1.165, 1.54) is 12.1 Å². The van der Waals surface area contributed by atoms with Gasteiger partial charge < -0.3 is 15.4 Å². The monoisotopic (exact) mass is 594 g/mol. The minimum absolute atomic E-state index is 0.170. The summed E-state index contributed by atoms with van der Waals surface area (Å²) in [6, 6.07) is 18.3. The van der Waals surface area contributed by atoms with E-state index in [1.54, 1.807) is 24.0 Å². The number of ether oxygens (including phenoxy) is 1. The third kappa shape index (κ3) is 7.94. The number of nitrogens with one attached hydrogen (secondary N) is 3. The third-order valence-electron chi connectivity index (χ3n) is 6.18. The van der Waals surface area contributed by atoms with Crippen molar-refractivity contribution in [2.45, 2.75) is 40.0 Å². The van der Waals surface area contributed by atoms with Crippen LogP contribution in [-0.4, -0.2) is 33.4 Å². The fraction of sp³-hybridized carbons (Fsp3) is 0.200. The highest BCUT2D eigenvalue weighted by atomic mass is 32.1. The number of hydrazone groups is 1. The fourth-order valence-electron chi connectivity index (χ4n) is 4.15. The van der Waals surface area contributed by atoms with Crippen LogP contribution < -0.4 is 20.8 Å². The average Bonchev–Trinajstić information content (AvgIpc) is 3.27. The van der Waals surface area contributed by atoms with Crippen molar-refractivity contribution >= 4 is 40.8 Å². The maximum absolute atomic E-state index is 12.7. The molecule has 0 aliphatic heterocycles. The highest BCUT2D eigenvalue weighted by molar-refractivity contribution is 7.80. The Bertz CT molecular complexity index is 1610. The third-order valence-corrected chi connectivity index (χ3v) is 6.37. The Morgan fingerprint density at radius 3 is 2.40 bits per heavy atom. The summed E-state index contributed by atoms with van der Waals surface area (Å²) in [7, 11) is 0. The zero-order valence-electron chi connectivity index (χ0n) is 23.3. The number of amides is 1. The molecule has 0 aliphatic rings. The average molecular weight is 595 g/mol. The number of aromatic nitrogens is 2. The molecular formula is C30H29F3N6O2S. The van der Waals surface area contributed by atoms with Gasteiger partial charge in [0.05, 0.1) is 29.5 Å². The van der Waals surface area contributed by atoms with Crippen molar-refractivity contribution in [2.24, 2.45) is 5.10 Å². The number of hydrogen-bond donors (Lipinski definition) is 3. The van der Waals surface area contributed by atoms with Gasteiger partial charge in [0.2, 0.25) is 0 Å². The number of anilines is 2. The Balaban J connectivity index is 1.38. The number of carbonyl (C=O) groups excluding carboxylic acids is 1. The van der Waals surface area contributed by atoms with E-state index in [4.69, 9.17) is 12.2 Å². The number of hydrogen-bond acceptors (Lipinski definition) is 5. The molecular weight excluding hydrogens is 565 g/mol. The Hall–Kier alpha value is -4.71. The van der Waals surface area contributed by atoms with Gasteiger partial charge in [0, 0.05) is 11.3 Å². The zero-order chi connectivity index (χ0) is 30.4. The van der Waals surface area contributed by atoms with Crippen molar-refractivity contribution in [3.8, 4) is 11.4 Å². The quantitative estimate of drug-likeness (QED) is 0.115. The summed E-state index contributed by atoms with van der Waals surface area (Å²) in [6.45, 7) is 7.90. The van der Waals surface area contributed by atoms with Gasteiger partial charge >= 0.3 is 6.36 Å². The summed E-state index contributed by atoms with van der Waals surface area (Å²) >= 11 is 5.38. The molecule has 1 aromatic heterocycles. The van der Waals surface area contributed by atoms with E-state index in [9.17, 15) is 18.0 Å². The molecule has 42 heavy (non-hydrogen) atoms. The maximum Gasteiger partial charge on any atom is 0.573 e. The molecule has 0 unspecified atom stereocenters. The topological polar surface area (TPSA) is 92.6 Å². The van der Waals surface area contributed by atoms with Crippen LogP contribution in [-0.2, 0) is 0 Å². The van der Waals surface area contributed by atoms with Gasteiger partial charge in [-0.15, -0.1) is 13.2 Å². The number of thiocarbonyl (C=S) groups is 1. The summed E-state index contributed by atoms with van der Waals surface area (Å²) in [5.74, 6) is -0.559. The van der Waals surface area contributed by atoms with Crippen LogP contribution in [0.3, 0.4) is 0 Å². The lowest BCUT2D eigenvalue weighted by atomic mass is 10.0. The van der Waals surface area contributed by atoms with Crippen molar-refractivity contribution in [2.75, 3.05) is 10.6 Å². The summed E-state index contributed by atoms with van der Waals surface area (Å²) in [5, 5.41) is 15.1. The van der Waals surface area contributed by atoms with E-state index in [0.29, 0.717) is 22.4 Å². The number of para-hydroxylation sites is 1. The molecule has 4 aromatic rings. The number of alkyl halides is 3. The van der Waals surface area contributed by atoms with E-state index in [2.05, 4.69) is 50.9 Å². The number of halogens is 3. The van der Waals surface area contributed by atoms with Crippen LogP contribution >= 0.6 is 12.2 Å². The number of benzene rings is 3. The second-order valence-electron chi connectivity index (χ2n) is 9.71. The van der Waals surface area contributed by atoms with Crippen LogP contribution in [0.1, 0.15) is 52.5 Å². The molecule has 0 spiro atoms. The SMILES string of the molecule is Cc1cc(/C=N/NC(=S)Nc2ccccc2C(C)C)ccc1-n1cc(NC(=O)c2ccc(OC(F)(F)F)cc2)c(C)n1. The van der Waals surface area contributed by atoms with Crippen LogP contribution in [0.15, 0.2) is 78.0 Å². The highest BCUT2D eigenvalue weighted by Crippen LogP contribution is 2.25. The van der Waals surface area contributed by atoms with E-state index in [1.807, 2.05) is 43.3 Å². The molecule has 0 atom stereocenters. The molecule has 1 amide bonds. The van der Waals surface area contributed by atoms with Crippen LogP contribution in [0.4, 0.5) is 24.5 Å². The minimum Gasteiger partial charge on any atom is -0.406 e. The van der Waals surface area contributed by atoms with Gasteiger partial charge in [0.25, 0.3) is 5.91 Å². The first kappa shape index (κ1) is 30.3. The molecule has 0 aliphatic carbocycles. The standard InChI is InChI=1S/C30H29F3N6O2S/c1-18(2)24-7-5-6-8-25(24)36-29(42)37-34-16-21-9-14-27(19(3)15-21)39-17-26(20(4)38-39)35-28(40)22-10-12-23(13-11-22)41-30(31,32)33/h5-18H,1-4H3,(H,35,40)(H2,36,37,42)/b34-16+. The lowest BCUT2D eigenvalue weighted by Gasteiger charge is -2.14. The van der Waals surface area contributed by atoms with Crippen molar-refractivity contribution in [1.82, 2.24) is 15.2 Å². The molecule has 3 aromatic carbocycles. The highest BCUT2D eigenvalue weighted by Gasteiger charge is 2.31. The van der Waals surface area contributed by atoms with Gasteiger partial charge in [0.15, 0.2) is 5.11 Å². The molecule has 12 heteroatoms. The first-order chi connectivity index (χ1) is 19.9. The second-order valence-corrected chi connectivity index (χ2v) is 10.1. The van der Waals surface area contributed by atoms with Crippen molar-refractivity contribution in [3.63, 3.8) is 0 Å². The summed E-state index contributed by atoms with van der Waals surface area (Å²) < 4.78 is 42.6. The van der Waals surface area contributed by atoms with Gasteiger partial charge in [-0.25, -0.2) is 4.68 Å². The van der Waals surface area contributed by atoms with Crippen LogP contribution in [0.2, 0.25) is 0 Å². The van der Waals surface area contributed by atoms with Crippen molar-refractivity contribution in [1.29, 1.82) is 0 Å². The zero-order valence-corrected chi connectivity index (χ0v) is 24.1. The largest absolute Gasteiger partial charge is 0.573 e. The maximum atomic E-state index is 12.7. The van der Waals surface area contributed by atoms with Gasteiger partial charge in [-0.05, 0) is 91.1 Å². The van der Waals surface area contributed by atoms with Gasteiger partial charge in [-0.3, -0.25) is 10.2 Å². The van der Waals surface area contributed by atoms with Crippen molar-refractivity contribution in [3.05, 3.63) is 101 Å². The lowest BCUT2D eigenvalue weighted by molar-refractivity contribution is -0.274. The van der Waals surface area contributed by atoms with E-state index >= 15 is 0 Å². The molecule has 0 bridgehead atoms. The first-order valence-corrected chi connectivity index (χ1v) is 13.3. The number of carbonyl (C=O) groups is 1. The Morgan fingerprint density at radius 1 is 1.02 bits per heavy atom. The summed E-state index contributed by atoms with van der Waals surface area (Å²) in [6.07, 6.45) is -1.48. The Kier molecular flexibility index (Phi) is 9.26. The molecule has 0 fully saturated rings.